The Balaban J connectivity index is 1.37. The maximum Gasteiger partial charge on any atom is 0.303 e. The van der Waals surface area contributed by atoms with Gasteiger partial charge in [0.05, 0.1) is 18.3 Å². The van der Waals surface area contributed by atoms with Gasteiger partial charge in [-0.2, -0.15) is 0 Å². The van der Waals surface area contributed by atoms with Crippen LogP contribution in [-0.4, -0.2) is 28.2 Å². The molecule has 8 heteroatoms. The number of hydrogen-bond acceptors (Lipinski definition) is 3. The normalized spacial score (nSPS) is 11.6. The monoisotopic (exact) mass is 580 g/mol. The molecule has 1 aromatic heterocycles. The smallest absolute Gasteiger partial charge is 0.303 e. The summed E-state index contributed by atoms with van der Waals surface area (Å²) in [7, 11) is 0. The highest BCUT2D eigenvalue weighted by atomic mass is 19.1. The van der Waals surface area contributed by atoms with Crippen molar-refractivity contribution < 1.29 is 28.2 Å². The molecule has 0 saturated carbocycles. The van der Waals surface area contributed by atoms with E-state index in [2.05, 4.69) is 9.88 Å². The third-order valence-electron chi connectivity index (χ3n) is 7.11. The predicted molar refractivity (Wildman–Crippen MR) is 163 cm³/mol. The molecular weight excluding hydrogens is 550 g/mol. The number of amides is 1. The van der Waals surface area contributed by atoms with Crippen LogP contribution in [0.3, 0.4) is 0 Å². The highest BCUT2D eigenvalue weighted by Gasteiger charge is 2.19. The van der Waals surface area contributed by atoms with Gasteiger partial charge in [-0.1, -0.05) is 42.5 Å². The number of para-hydroxylation sites is 2. The Kier molecular flexibility index (Phi) is 8.96. The summed E-state index contributed by atoms with van der Waals surface area (Å²) in [5.74, 6) is -1.42. The van der Waals surface area contributed by atoms with Crippen LogP contribution in [0.25, 0.3) is 16.5 Å². The molecule has 43 heavy (non-hydrogen) atoms. The maximum absolute atomic E-state index is 13.7. The van der Waals surface area contributed by atoms with Crippen LogP contribution in [0, 0.1) is 11.6 Å². The van der Waals surface area contributed by atoms with Gasteiger partial charge >= 0.3 is 5.97 Å². The van der Waals surface area contributed by atoms with Crippen LogP contribution in [0.5, 0.6) is 5.75 Å². The first-order valence-corrected chi connectivity index (χ1v) is 13.8. The minimum Gasteiger partial charge on any atom is -0.491 e. The van der Waals surface area contributed by atoms with Crippen LogP contribution < -0.4 is 10.1 Å². The Hall–Kier alpha value is -5.24. The van der Waals surface area contributed by atoms with Crippen LogP contribution in [0.4, 0.5) is 14.5 Å². The van der Waals surface area contributed by atoms with Crippen molar-refractivity contribution in [2.24, 2.45) is 0 Å². The third-order valence-corrected chi connectivity index (χ3v) is 7.11. The molecule has 1 amide bonds. The number of hydrogen-bond donors (Lipinski definition) is 2. The number of aromatic nitrogens is 1. The van der Waals surface area contributed by atoms with Crippen molar-refractivity contribution in [3.63, 3.8) is 0 Å². The molecule has 0 spiro atoms. The second-order valence-electron chi connectivity index (χ2n) is 10.2. The summed E-state index contributed by atoms with van der Waals surface area (Å²) in [6, 6.07) is 27.2. The zero-order valence-electron chi connectivity index (χ0n) is 23.5. The Labute approximate surface area is 247 Å². The summed E-state index contributed by atoms with van der Waals surface area (Å²) in [6.45, 7) is 2.07. The largest absolute Gasteiger partial charge is 0.491 e. The van der Waals surface area contributed by atoms with E-state index in [4.69, 9.17) is 9.84 Å². The van der Waals surface area contributed by atoms with E-state index in [1.807, 2.05) is 37.4 Å². The van der Waals surface area contributed by atoms with Crippen molar-refractivity contribution >= 4 is 34.0 Å². The maximum atomic E-state index is 13.7. The lowest BCUT2D eigenvalue weighted by Crippen LogP contribution is -2.11. The number of fused-ring (bicyclic) bond motifs is 1. The predicted octanol–water partition coefficient (Wildman–Crippen LogP) is 7.84. The number of allylic oxidation sites excluding steroid dienone is 1. The molecule has 0 saturated heterocycles. The molecule has 5 rings (SSSR count). The number of halogens is 2. The molecule has 1 heterocycles. The van der Waals surface area contributed by atoms with Gasteiger partial charge in [0.1, 0.15) is 17.4 Å². The van der Waals surface area contributed by atoms with Gasteiger partial charge in [-0.15, -0.1) is 0 Å². The average molecular weight is 581 g/mol. The Morgan fingerprint density at radius 3 is 2.21 bits per heavy atom. The first-order chi connectivity index (χ1) is 20.8. The Morgan fingerprint density at radius 1 is 0.907 bits per heavy atom. The molecule has 0 aliphatic carbocycles. The van der Waals surface area contributed by atoms with Gasteiger partial charge in [0.2, 0.25) is 5.91 Å². The van der Waals surface area contributed by atoms with Gasteiger partial charge in [0.25, 0.3) is 0 Å². The SMILES string of the molecule is C/C(=C\C(=O)Nc1ccccc1OCCCC(=O)O)c1ccc2c(ccn2C(c2ccc(F)cc2)c2ccc(F)cc2)c1. The van der Waals surface area contributed by atoms with Crippen molar-refractivity contribution in [3.8, 4) is 5.75 Å². The number of carbonyl (C=O) groups is 2. The molecule has 0 atom stereocenters. The summed E-state index contributed by atoms with van der Waals surface area (Å²) in [4.78, 5) is 23.6. The van der Waals surface area contributed by atoms with Crippen LogP contribution in [0.2, 0.25) is 0 Å². The van der Waals surface area contributed by atoms with E-state index >= 15 is 0 Å². The van der Waals surface area contributed by atoms with E-state index < -0.39 is 5.97 Å². The zero-order chi connectivity index (χ0) is 30.3. The molecule has 4 aromatic carbocycles. The molecule has 6 nitrogen and oxygen atoms in total. The topological polar surface area (TPSA) is 80.6 Å². The van der Waals surface area contributed by atoms with Gasteiger partial charge < -0.3 is 19.7 Å². The highest BCUT2D eigenvalue weighted by Crippen LogP contribution is 2.33. The van der Waals surface area contributed by atoms with Gasteiger partial charge in [-0.05, 0) is 90.2 Å². The molecule has 0 unspecified atom stereocenters. The van der Waals surface area contributed by atoms with Gasteiger partial charge in [-0.3, -0.25) is 9.59 Å². The molecular formula is C35H30F2N2O4. The quantitative estimate of drug-likeness (QED) is 0.123. The molecule has 2 N–H and O–H groups in total. The molecule has 0 radical (unpaired) electrons. The van der Waals surface area contributed by atoms with Crippen LogP contribution in [-0.2, 0) is 9.59 Å². The lowest BCUT2D eigenvalue weighted by molar-refractivity contribution is -0.137. The van der Waals surface area contributed by atoms with Gasteiger partial charge in [-0.25, -0.2) is 8.78 Å². The van der Waals surface area contributed by atoms with E-state index in [0.29, 0.717) is 17.9 Å². The van der Waals surface area contributed by atoms with E-state index in [9.17, 15) is 18.4 Å². The number of aliphatic carboxylic acids is 1. The minimum absolute atomic E-state index is 0.00329. The number of rotatable bonds is 11. The molecule has 0 aliphatic rings. The first-order valence-electron chi connectivity index (χ1n) is 13.8. The van der Waals surface area contributed by atoms with Gasteiger partial charge in [0, 0.05) is 29.6 Å². The lowest BCUT2D eigenvalue weighted by atomic mass is 9.98. The van der Waals surface area contributed by atoms with Crippen molar-refractivity contribution in [2.75, 3.05) is 11.9 Å². The lowest BCUT2D eigenvalue weighted by Gasteiger charge is -2.22. The standard InChI is InChI=1S/C35H30F2N2O4/c1-23(21-33(40)38-30-5-2-3-6-32(30)43-20-4-7-34(41)42)26-12-17-31-27(22-26)18-19-39(31)35(24-8-13-28(36)14-9-24)25-10-15-29(37)16-11-25/h2-3,5-6,8-19,21-22,35H,4,7,20H2,1H3,(H,38,40)(H,41,42)/b23-21+. The number of carbonyl (C=O) groups excluding carboxylic acids is 1. The minimum atomic E-state index is -0.888. The molecule has 0 fully saturated rings. The summed E-state index contributed by atoms with van der Waals surface area (Å²) in [6.07, 6.45) is 3.82. The number of carboxylic acids is 1. The van der Waals surface area contributed by atoms with Crippen molar-refractivity contribution in [1.29, 1.82) is 0 Å². The van der Waals surface area contributed by atoms with E-state index in [1.165, 1.54) is 30.3 Å². The average Bonchev–Trinajstić information content (AvgIpc) is 3.41. The molecule has 0 bridgehead atoms. The first kappa shape index (κ1) is 29.3. The van der Waals surface area contributed by atoms with Crippen LogP contribution in [0.1, 0.15) is 42.5 Å². The fraction of sp³-hybridized carbons (Fsp3) is 0.143. The number of nitrogens with zero attached hydrogens (tertiary/aromatic N) is 1. The number of ether oxygens (including phenoxy) is 1. The summed E-state index contributed by atoms with van der Waals surface area (Å²) < 4.78 is 35.2. The number of carboxylic acid groups (broad SMARTS) is 1. The van der Waals surface area contributed by atoms with Crippen LogP contribution in [0.15, 0.2) is 109 Å². The fourth-order valence-electron chi connectivity index (χ4n) is 4.99. The van der Waals surface area contributed by atoms with Gasteiger partial charge in [0.15, 0.2) is 0 Å². The number of nitrogens with one attached hydrogen (secondary N) is 1. The van der Waals surface area contributed by atoms with E-state index in [-0.39, 0.29) is 36.6 Å². The Bertz CT molecular complexity index is 1730. The summed E-state index contributed by atoms with van der Waals surface area (Å²) in [5, 5.41) is 12.6. The molecule has 218 valence electrons. The van der Waals surface area contributed by atoms with Crippen molar-refractivity contribution in [1.82, 2.24) is 4.57 Å². The number of anilines is 1. The van der Waals surface area contributed by atoms with E-state index in [1.54, 1.807) is 48.5 Å². The molecule has 5 aromatic rings. The van der Waals surface area contributed by atoms with Crippen LogP contribution >= 0.6 is 0 Å². The second kappa shape index (κ2) is 13.2. The fourth-order valence-corrected chi connectivity index (χ4v) is 4.99. The second-order valence-corrected chi connectivity index (χ2v) is 10.2. The highest BCUT2D eigenvalue weighted by molar-refractivity contribution is 6.05. The zero-order valence-corrected chi connectivity index (χ0v) is 23.5. The van der Waals surface area contributed by atoms with Crippen molar-refractivity contribution in [3.05, 3.63) is 138 Å². The summed E-state index contributed by atoms with van der Waals surface area (Å²) >= 11 is 0. The Morgan fingerprint density at radius 2 is 1.56 bits per heavy atom. The number of benzene rings is 4. The third kappa shape index (κ3) is 7.16. The summed E-state index contributed by atoms with van der Waals surface area (Å²) in [5.41, 5.74) is 4.74. The van der Waals surface area contributed by atoms with Crippen molar-refractivity contribution in [2.45, 2.75) is 25.8 Å². The van der Waals surface area contributed by atoms with E-state index in [0.717, 1.165) is 33.2 Å². The molecule has 0 aliphatic heterocycles.